The van der Waals surface area contributed by atoms with Crippen LogP contribution in [0.15, 0.2) is 18.2 Å². The minimum Gasteiger partial charge on any atom is -0.497 e. The third-order valence-corrected chi connectivity index (χ3v) is 3.25. The van der Waals surface area contributed by atoms with Gasteiger partial charge >= 0.3 is 0 Å². The van der Waals surface area contributed by atoms with Gasteiger partial charge in [-0.25, -0.2) is 0 Å². The molecule has 0 radical (unpaired) electrons. The first-order chi connectivity index (χ1) is 8.63. The Morgan fingerprint density at radius 3 is 2.22 bits per heavy atom. The molecule has 0 amide bonds. The second-order valence-electron chi connectivity index (χ2n) is 4.44. The highest BCUT2D eigenvalue weighted by molar-refractivity contribution is 6.02. The summed E-state index contributed by atoms with van der Waals surface area (Å²) in [5.41, 5.74) is 0.547. The zero-order valence-corrected chi connectivity index (χ0v) is 10.6. The number of methoxy groups -OCH3 is 2. The van der Waals surface area contributed by atoms with Crippen molar-refractivity contribution in [3.63, 3.8) is 0 Å². The Balaban J connectivity index is 2.26. The molecule has 0 N–H and O–H groups in total. The molecule has 1 aromatic carbocycles. The van der Waals surface area contributed by atoms with Gasteiger partial charge in [-0.15, -0.1) is 0 Å². The monoisotopic (exact) mass is 248 g/mol. The largest absolute Gasteiger partial charge is 0.497 e. The summed E-state index contributed by atoms with van der Waals surface area (Å²) >= 11 is 0. The number of benzene rings is 1. The molecule has 1 aliphatic rings. The van der Waals surface area contributed by atoms with E-state index < -0.39 is 0 Å². The number of rotatable bonds is 4. The normalized spacial score (nSPS) is 18.8. The van der Waals surface area contributed by atoms with Crippen LogP contribution in [0.1, 0.15) is 29.6 Å². The average Bonchev–Trinajstić information content (AvgIpc) is 2.83. The molecular weight excluding hydrogens is 232 g/mol. The fourth-order valence-electron chi connectivity index (χ4n) is 2.22. The summed E-state index contributed by atoms with van der Waals surface area (Å²) in [6.45, 7) is 0. The number of carbonyl (C=O) groups is 2. The van der Waals surface area contributed by atoms with Gasteiger partial charge in [0, 0.05) is 30.4 Å². The van der Waals surface area contributed by atoms with Crippen LogP contribution in [0.3, 0.4) is 0 Å². The lowest BCUT2D eigenvalue weighted by Crippen LogP contribution is -2.12. The highest BCUT2D eigenvalue weighted by Crippen LogP contribution is 2.29. The van der Waals surface area contributed by atoms with Crippen molar-refractivity contribution in [2.75, 3.05) is 14.2 Å². The Bertz CT molecular complexity index is 456. The Kier molecular flexibility index (Phi) is 3.65. The van der Waals surface area contributed by atoms with Crippen molar-refractivity contribution in [3.05, 3.63) is 23.8 Å². The minimum absolute atomic E-state index is 0.00181. The quantitative estimate of drug-likeness (QED) is 0.767. The summed E-state index contributed by atoms with van der Waals surface area (Å²) < 4.78 is 10.3. The maximum Gasteiger partial charge on any atom is 0.166 e. The SMILES string of the molecule is COc1cc(OC)cc(C(=O)C2CCC(=O)C2)c1. The third-order valence-electron chi connectivity index (χ3n) is 3.25. The highest BCUT2D eigenvalue weighted by atomic mass is 16.5. The molecule has 0 bridgehead atoms. The van der Waals surface area contributed by atoms with Gasteiger partial charge in [-0.2, -0.15) is 0 Å². The maximum absolute atomic E-state index is 12.3. The standard InChI is InChI=1S/C14H16O4/c1-17-12-6-10(7-13(8-12)18-2)14(16)9-3-4-11(15)5-9/h6-9H,3-5H2,1-2H3. The van der Waals surface area contributed by atoms with E-state index in [2.05, 4.69) is 0 Å². The second kappa shape index (κ2) is 5.21. The number of carbonyl (C=O) groups excluding carboxylic acids is 2. The smallest absolute Gasteiger partial charge is 0.166 e. The fraction of sp³-hybridized carbons (Fsp3) is 0.429. The first-order valence-corrected chi connectivity index (χ1v) is 5.93. The van der Waals surface area contributed by atoms with Crippen LogP contribution in [0.4, 0.5) is 0 Å². The van der Waals surface area contributed by atoms with E-state index in [9.17, 15) is 9.59 Å². The summed E-state index contributed by atoms with van der Waals surface area (Å²) in [5.74, 6) is 1.15. The van der Waals surface area contributed by atoms with E-state index in [4.69, 9.17) is 9.47 Å². The van der Waals surface area contributed by atoms with Crippen LogP contribution < -0.4 is 9.47 Å². The van der Waals surface area contributed by atoms with Gasteiger partial charge in [0.2, 0.25) is 0 Å². The van der Waals surface area contributed by atoms with Crippen LogP contribution in [0.5, 0.6) is 11.5 Å². The van der Waals surface area contributed by atoms with Gasteiger partial charge in [-0.1, -0.05) is 0 Å². The average molecular weight is 248 g/mol. The zero-order valence-electron chi connectivity index (χ0n) is 10.6. The lowest BCUT2D eigenvalue weighted by atomic mass is 9.96. The summed E-state index contributed by atoms with van der Waals surface area (Å²) in [6.07, 6.45) is 1.52. The summed E-state index contributed by atoms with van der Waals surface area (Å²) in [6, 6.07) is 5.10. The van der Waals surface area contributed by atoms with Crippen molar-refractivity contribution in [2.24, 2.45) is 5.92 Å². The van der Waals surface area contributed by atoms with Gasteiger partial charge in [-0.3, -0.25) is 9.59 Å². The van der Waals surface area contributed by atoms with E-state index in [1.807, 2.05) is 0 Å². The minimum atomic E-state index is -0.186. The van der Waals surface area contributed by atoms with Crippen LogP contribution in [-0.4, -0.2) is 25.8 Å². The topological polar surface area (TPSA) is 52.6 Å². The van der Waals surface area contributed by atoms with E-state index in [0.717, 1.165) is 0 Å². The first kappa shape index (κ1) is 12.6. The van der Waals surface area contributed by atoms with Crippen molar-refractivity contribution in [1.29, 1.82) is 0 Å². The molecule has 0 aliphatic heterocycles. The van der Waals surface area contributed by atoms with Crippen LogP contribution >= 0.6 is 0 Å². The fourth-order valence-corrected chi connectivity index (χ4v) is 2.22. The number of ether oxygens (including phenoxy) is 2. The predicted molar refractivity (Wildman–Crippen MR) is 66.2 cm³/mol. The highest BCUT2D eigenvalue weighted by Gasteiger charge is 2.29. The van der Waals surface area contributed by atoms with Gasteiger partial charge in [0.1, 0.15) is 17.3 Å². The number of hydrogen-bond donors (Lipinski definition) is 0. The Morgan fingerprint density at radius 1 is 1.17 bits per heavy atom. The lowest BCUT2D eigenvalue weighted by molar-refractivity contribution is -0.117. The van der Waals surface area contributed by atoms with Crippen molar-refractivity contribution in [1.82, 2.24) is 0 Å². The van der Waals surface area contributed by atoms with E-state index in [0.29, 0.717) is 36.3 Å². The molecule has 0 spiro atoms. The Morgan fingerprint density at radius 2 is 1.78 bits per heavy atom. The van der Waals surface area contributed by atoms with E-state index in [1.165, 1.54) is 0 Å². The number of Topliss-reactive ketones (excluding diaryl/α,β-unsaturated/α-hetero) is 2. The Labute approximate surface area is 106 Å². The molecule has 1 fully saturated rings. The molecule has 1 unspecified atom stereocenters. The predicted octanol–water partition coefficient (Wildman–Crippen LogP) is 2.26. The summed E-state index contributed by atoms with van der Waals surface area (Å²) in [7, 11) is 3.09. The van der Waals surface area contributed by atoms with Gasteiger partial charge < -0.3 is 9.47 Å². The molecule has 0 saturated heterocycles. The number of ketones is 2. The van der Waals surface area contributed by atoms with Crippen molar-refractivity contribution >= 4 is 11.6 Å². The van der Waals surface area contributed by atoms with E-state index in [-0.39, 0.29) is 17.5 Å². The van der Waals surface area contributed by atoms with Crippen molar-refractivity contribution in [3.8, 4) is 11.5 Å². The van der Waals surface area contributed by atoms with Gasteiger partial charge in [0.15, 0.2) is 5.78 Å². The van der Waals surface area contributed by atoms with Crippen LogP contribution in [0.25, 0.3) is 0 Å². The molecule has 2 rings (SSSR count). The Hall–Kier alpha value is -1.84. The van der Waals surface area contributed by atoms with Crippen LogP contribution in [-0.2, 0) is 4.79 Å². The molecule has 18 heavy (non-hydrogen) atoms. The van der Waals surface area contributed by atoms with Crippen molar-refractivity contribution < 1.29 is 19.1 Å². The second-order valence-corrected chi connectivity index (χ2v) is 4.44. The first-order valence-electron chi connectivity index (χ1n) is 5.93. The van der Waals surface area contributed by atoms with Crippen LogP contribution in [0, 0.1) is 5.92 Å². The van der Waals surface area contributed by atoms with Crippen molar-refractivity contribution in [2.45, 2.75) is 19.3 Å². The molecule has 4 heteroatoms. The zero-order chi connectivity index (χ0) is 13.1. The van der Waals surface area contributed by atoms with E-state index in [1.54, 1.807) is 32.4 Å². The molecule has 1 saturated carbocycles. The third kappa shape index (κ3) is 2.53. The molecule has 0 aromatic heterocycles. The molecule has 1 aliphatic carbocycles. The molecule has 0 heterocycles. The number of hydrogen-bond acceptors (Lipinski definition) is 4. The molecule has 4 nitrogen and oxygen atoms in total. The van der Waals surface area contributed by atoms with Gasteiger partial charge in [0.05, 0.1) is 14.2 Å². The van der Waals surface area contributed by atoms with E-state index >= 15 is 0 Å². The lowest BCUT2D eigenvalue weighted by Gasteiger charge is -2.10. The molecule has 1 atom stereocenters. The van der Waals surface area contributed by atoms with Crippen LogP contribution in [0.2, 0.25) is 0 Å². The molecule has 1 aromatic rings. The van der Waals surface area contributed by atoms with Gasteiger partial charge in [0.25, 0.3) is 0 Å². The molecule has 96 valence electrons. The summed E-state index contributed by atoms with van der Waals surface area (Å²) in [4.78, 5) is 23.5. The molecular formula is C14H16O4. The maximum atomic E-state index is 12.3. The summed E-state index contributed by atoms with van der Waals surface area (Å²) in [5, 5.41) is 0. The van der Waals surface area contributed by atoms with Gasteiger partial charge in [-0.05, 0) is 18.6 Å².